The molecule has 0 aliphatic rings. The highest BCUT2D eigenvalue weighted by atomic mass is 32.2. The van der Waals surface area contributed by atoms with Crippen molar-refractivity contribution in [2.24, 2.45) is 0 Å². The van der Waals surface area contributed by atoms with Crippen LogP contribution in [-0.2, 0) is 10.0 Å². The maximum atomic E-state index is 13.0. The molecule has 31 heavy (non-hydrogen) atoms. The van der Waals surface area contributed by atoms with Gasteiger partial charge in [-0.1, -0.05) is 49.4 Å². The van der Waals surface area contributed by atoms with Crippen LogP contribution in [0.15, 0.2) is 71.6 Å². The molecule has 0 heterocycles. The second-order valence-electron chi connectivity index (χ2n) is 7.98. The number of amides is 1. The Labute approximate surface area is 184 Å². The molecule has 6 heteroatoms. The standard InChI is InChI=1S/C25H28N2O3S/c1-17-12-18(2)14-23(13-17)27-31(29,30)24-15-22(11-10-19(24)3)25(28)26-16-20(4)21-8-6-5-7-9-21/h5-15,20,27H,16H2,1-4H3,(H,26,28)/t20-/m0/s1. The first-order valence-corrected chi connectivity index (χ1v) is 11.7. The second kappa shape index (κ2) is 9.35. The van der Waals surface area contributed by atoms with Crippen molar-refractivity contribution in [3.63, 3.8) is 0 Å². The molecule has 162 valence electrons. The van der Waals surface area contributed by atoms with Crippen LogP contribution < -0.4 is 10.0 Å². The van der Waals surface area contributed by atoms with E-state index in [1.54, 1.807) is 31.2 Å². The average Bonchev–Trinajstić information content (AvgIpc) is 2.71. The molecule has 0 fully saturated rings. The Hall–Kier alpha value is -3.12. The van der Waals surface area contributed by atoms with E-state index in [1.165, 1.54) is 6.07 Å². The Morgan fingerprint density at radius 3 is 2.19 bits per heavy atom. The quantitative estimate of drug-likeness (QED) is 0.550. The topological polar surface area (TPSA) is 75.3 Å². The van der Waals surface area contributed by atoms with Crippen LogP contribution in [-0.4, -0.2) is 20.9 Å². The number of hydrogen-bond donors (Lipinski definition) is 2. The third kappa shape index (κ3) is 5.73. The third-order valence-electron chi connectivity index (χ3n) is 5.15. The second-order valence-corrected chi connectivity index (χ2v) is 9.63. The van der Waals surface area contributed by atoms with Gasteiger partial charge in [0, 0.05) is 17.8 Å². The van der Waals surface area contributed by atoms with E-state index in [0.717, 1.165) is 16.7 Å². The van der Waals surface area contributed by atoms with Crippen molar-refractivity contribution < 1.29 is 13.2 Å². The smallest absolute Gasteiger partial charge is 0.262 e. The Bertz CT molecular complexity index is 1170. The number of carbonyl (C=O) groups excluding carboxylic acids is 1. The summed E-state index contributed by atoms with van der Waals surface area (Å²) in [6.07, 6.45) is 0. The van der Waals surface area contributed by atoms with E-state index >= 15 is 0 Å². The van der Waals surface area contributed by atoms with Gasteiger partial charge in [-0.05, 0) is 73.2 Å². The normalized spacial score (nSPS) is 12.3. The van der Waals surface area contributed by atoms with Gasteiger partial charge in [0.15, 0.2) is 0 Å². The van der Waals surface area contributed by atoms with Crippen molar-refractivity contribution in [3.05, 3.63) is 94.5 Å². The number of rotatable bonds is 7. The maximum Gasteiger partial charge on any atom is 0.262 e. The average molecular weight is 437 g/mol. The summed E-state index contributed by atoms with van der Waals surface area (Å²) < 4.78 is 28.7. The number of aryl methyl sites for hydroxylation is 3. The molecule has 3 aromatic carbocycles. The van der Waals surface area contributed by atoms with E-state index in [9.17, 15) is 13.2 Å². The first kappa shape index (κ1) is 22.6. The van der Waals surface area contributed by atoms with Gasteiger partial charge in [-0.2, -0.15) is 0 Å². The van der Waals surface area contributed by atoms with Crippen molar-refractivity contribution in [1.29, 1.82) is 0 Å². The van der Waals surface area contributed by atoms with Crippen LogP contribution in [0.3, 0.4) is 0 Å². The molecule has 0 saturated carbocycles. The number of nitrogens with one attached hydrogen (secondary N) is 2. The van der Waals surface area contributed by atoms with E-state index in [4.69, 9.17) is 0 Å². The monoisotopic (exact) mass is 436 g/mol. The molecule has 0 aliphatic heterocycles. The third-order valence-corrected chi connectivity index (χ3v) is 6.67. The molecule has 5 nitrogen and oxygen atoms in total. The first-order chi connectivity index (χ1) is 14.7. The zero-order valence-electron chi connectivity index (χ0n) is 18.3. The van der Waals surface area contributed by atoms with Crippen molar-refractivity contribution >= 4 is 21.6 Å². The molecule has 3 rings (SSSR count). The fourth-order valence-corrected chi connectivity index (χ4v) is 4.83. The molecule has 2 N–H and O–H groups in total. The fraction of sp³-hybridized carbons (Fsp3) is 0.240. The lowest BCUT2D eigenvalue weighted by atomic mass is 10.0. The summed E-state index contributed by atoms with van der Waals surface area (Å²) in [4.78, 5) is 12.8. The Kier molecular flexibility index (Phi) is 6.81. The molecule has 0 aromatic heterocycles. The van der Waals surface area contributed by atoms with Crippen molar-refractivity contribution in [1.82, 2.24) is 5.32 Å². The van der Waals surface area contributed by atoms with E-state index < -0.39 is 10.0 Å². The van der Waals surface area contributed by atoms with Gasteiger partial charge in [-0.25, -0.2) is 8.42 Å². The van der Waals surface area contributed by atoms with E-state index in [2.05, 4.69) is 10.0 Å². The van der Waals surface area contributed by atoms with E-state index in [-0.39, 0.29) is 16.7 Å². The molecule has 0 radical (unpaired) electrons. The van der Waals surface area contributed by atoms with Gasteiger partial charge in [0.05, 0.1) is 4.90 Å². The van der Waals surface area contributed by atoms with Crippen LogP contribution in [0, 0.1) is 20.8 Å². The summed E-state index contributed by atoms with van der Waals surface area (Å²) in [5.74, 6) is -0.157. The molecular weight excluding hydrogens is 408 g/mol. The van der Waals surface area contributed by atoms with Crippen LogP contribution >= 0.6 is 0 Å². The molecule has 0 bridgehead atoms. The van der Waals surface area contributed by atoms with Crippen molar-refractivity contribution in [2.75, 3.05) is 11.3 Å². The number of benzene rings is 3. The van der Waals surface area contributed by atoms with Crippen molar-refractivity contribution in [2.45, 2.75) is 38.5 Å². The molecule has 1 amide bonds. The first-order valence-electron chi connectivity index (χ1n) is 10.2. The highest BCUT2D eigenvalue weighted by Crippen LogP contribution is 2.23. The van der Waals surface area contributed by atoms with Gasteiger partial charge >= 0.3 is 0 Å². The predicted octanol–water partition coefficient (Wildman–Crippen LogP) is 4.95. The van der Waals surface area contributed by atoms with Gasteiger partial charge in [0.2, 0.25) is 0 Å². The van der Waals surface area contributed by atoms with Crippen LogP contribution in [0.4, 0.5) is 5.69 Å². The lowest BCUT2D eigenvalue weighted by Crippen LogP contribution is -2.28. The van der Waals surface area contributed by atoms with Gasteiger partial charge in [0.25, 0.3) is 15.9 Å². The SMILES string of the molecule is Cc1cc(C)cc(NS(=O)(=O)c2cc(C(=O)NC[C@H](C)c3ccccc3)ccc2C)c1. The van der Waals surface area contributed by atoms with Crippen LogP contribution in [0.5, 0.6) is 0 Å². The minimum Gasteiger partial charge on any atom is -0.351 e. The zero-order valence-corrected chi connectivity index (χ0v) is 19.1. The van der Waals surface area contributed by atoms with Crippen LogP contribution in [0.25, 0.3) is 0 Å². The van der Waals surface area contributed by atoms with E-state index in [1.807, 2.05) is 57.2 Å². The summed E-state index contributed by atoms with van der Waals surface area (Å²) in [5, 5.41) is 2.91. The molecule has 0 unspecified atom stereocenters. The van der Waals surface area contributed by atoms with E-state index in [0.29, 0.717) is 23.4 Å². The highest BCUT2D eigenvalue weighted by Gasteiger charge is 2.20. The zero-order chi connectivity index (χ0) is 22.6. The molecule has 0 saturated heterocycles. The highest BCUT2D eigenvalue weighted by molar-refractivity contribution is 7.92. The van der Waals surface area contributed by atoms with Crippen LogP contribution in [0.1, 0.15) is 45.5 Å². The summed E-state index contributed by atoms with van der Waals surface area (Å²) in [5.41, 5.74) is 4.46. The molecule has 0 aliphatic carbocycles. The Morgan fingerprint density at radius 2 is 1.55 bits per heavy atom. The molecule has 0 spiro atoms. The number of carbonyl (C=O) groups is 1. The number of sulfonamides is 1. The van der Waals surface area contributed by atoms with Gasteiger partial charge in [-0.15, -0.1) is 0 Å². The summed E-state index contributed by atoms with van der Waals surface area (Å²) in [6, 6.07) is 20.2. The minimum absolute atomic E-state index is 0.0930. The summed E-state index contributed by atoms with van der Waals surface area (Å²) >= 11 is 0. The predicted molar refractivity (Wildman–Crippen MR) is 125 cm³/mol. The Morgan fingerprint density at radius 1 is 0.903 bits per heavy atom. The maximum absolute atomic E-state index is 13.0. The minimum atomic E-state index is -3.84. The lowest BCUT2D eigenvalue weighted by Gasteiger charge is -2.15. The molecular formula is C25H28N2O3S. The fourth-order valence-electron chi connectivity index (χ4n) is 3.52. The summed E-state index contributed by atoms with van der Waals surface area (Å²) in [6.45, 7) is 8.04. The summed E-state index contributed by atoms with van der Waals surface area (Å²) in [7, 11) is -3.84. The Balaban J connectivity index is 1.78. The van der Waals surface area contributed by atoms with Gasteiger partial charge < -0.3 is 5.32 Å². The molecule has 1 atom stereocenters. The lowest BCUT2D eigenvalue weighted by molar-refractivity contribution is 0.0951. The van der Waals surface area contributed by atoms with Gasteiger partial charge in [-0.3, -0.25) is 9.52 Å². The van der Waals surface area contributed by atoms with Crippen LogP contribution in [0.2, 0.25) is 0 Å². The molecule has 3 aromatic rings. The van der Waals surface area contributed by atoms with Crippen molar-refractivity contribution in [3.8, 4) is 0 Å². The number of anilines is 1. The largest absolute Gasteiger partial charge is 0.351 e. The number of hydrogen-bond acceptors (Lipinski definition) is 3. The van der Waals surface area contributed by atoms with Gasteiger partial charge in [0.1, 0.15) is 0 Å².